The number of aromatic nitrogens is 2. The van der Waals surface area contributed by atoms with Crippen LogP contribution in [0.3, 0.4) is 0 Å². The molecule has 1 amide bonds. The fourth-order valence-electron chi connectivity index (χ4n) is 3.01. The van der Waals surface area contributed by atoms with E-state index in [1.54, 1.807) is 6.20 Å². The van der Waals surface area contributed by atoms with E-state index in [0.29, 0.717) is 0 Å². The van der Waals surface area contributed by atoms with Crippen LogP contribution in [0.25, 0.3) is 10.4 Å². The molecule has 0 atom stereocenters. The van der Waals surface area contributed by atoms with Crippen molar-refractivity contribution in [1.82, 2.24) is 9.59 Å². The summed E-state index contributed by atoms with van der Waals surface area (Å²) in [5.41, 5.74) is 3.73. The van der Waals surface area contributed by atoms with Crippen LogP contribution in [-0.4, -0.2) is 15.5 Å². The topological polar surface area (TPSA) is 54.9 Å². The smallest absolute Gasteiger partial charge is 0.236 e. The zero-order chi connectivity index (χ0) is 18.5. The second kappa shape index (κ2) is 7.93. The second-order valence-corrected chi connectivity index (χ2v) is 6.89. The third-order valence-corrected chi connectivity index (χ3v) is 5.04. The number of carbonyl (C=O) groups is 1. The van der Waals surface area contributed by atoms with Gasteiger partial charge < -0.3 is 5.32 Å². The predicted octanol–water partition coefficient (Wildman–Crippen LogP) is 4.98. The maximum Gasteiger partial charge on any atom is 0.236 e. The largest absolute Gasteiger partial charge is 0.325 e. The monoisotopic (exact) mass is 371 g/mol. The van der Waals surface area contributed by atoms with Gasteiger partial charge in [-0.15, -0.1) is 5.10 Å². The number of rotatable bonds is 5. The summed E-state index contributed by atoms with van der Waals surface area (Å²) in [4.78, 5) is 14.1. The SMILES string of the molecule is O=C(Nc1ccc(-c2cnns2)cc1)C(c1ccccc1)c1ccccc1. The molecule has 4 rings (SSSR count). The van der Waals surface area contributed by atoms with E-state index in [1.165, 1.54) is 11.5 Å². The highest BCUT2D eigenvalue weighted by molar-refractivity contribution is 7.09. The number of amides is 1. The van der Waals surface area contributed by atoms with Crippen LogP contribution in [0.2, 0.25) is 0 Å². The van der Waals surface area contributed by atoms with Crippen molar-refractivity contribution in [3.8, 4) is 10.4 Å². The average Bonchev–Trinajstić information content (AvgIpc) is 3.25. The third-order valence-electron chi connectivity index (χ3n) is 4.33. The number of nitrogens with one attached hydrogen (secondary N) is 1. The number of benzene rings is 3. The van der Waals surface area contributed by atoms with Gasteiger partial charge in [0.05, 0.1) is 17.0 Å². The Morgan fingerprint density at radius 1 is 0.815 bits per heavy atom. The van der Waals surface area contributed by atoms with Gasteiger partial charge in [0.15, 0.2) is 0 Å². The first-order valence-electron chi connectivity index (χ1n) is 8.60. The van der Waals surface area contributed by atoms with Crippen molar-refractivity contribution in [2.24, 2.45) is 0 Å². The Hall–Kier alpha value is -3.31. The van der Waals surface area contributed by atoms with E-state index in [9.17, 15) is 4.79 Å². The normalized spacial score (nSPS) is 10.7. The first-order chi connectivity index (χ1) is 13.3. The van der Waals surface area contributed by atoms with Crippen LogP contribution in [0.5, 0.6) is 0 Å². The van der Waals surface area contributed by atoms with Gasteiger partial charge in [-0.2, -0.15) is 0 Å². The Kier molecular flexibility index (Phi) is 5.03. The summed E-state index contributed by atoms with van der Waals surface area (Å²) in [6.07, 6.45) is 1.74. The number of hydrogen-bond acceptors (Lipinski definition) is 4. The van der Waals surface area contributed by atoms with E-state index in [4.69, 9.17) is 0 Å². The highest BCUT2D eigenvalue weighted by atomic mass is 32.1. The van der Waals surface area contributed by atoms with Crippen molar-refractivity contribution in [2.75, 3.05) is 5.32 Å². The summed E-state index contributed by atoms with van der Waals surface area (Å²) < 4.78 is 3.88. The van der Waals surface area contributed by atoms with Crippen molar-refractivity contribution in [3.63, 3.8) is 0 Å². The Balaban J connectivity index is 1.59. The molecule has 5 heteroatoms. The van der Waals surface area contributed by atoms with Gasteiger partial charge >= 0.3 is 0 Å². The molecule has 0 saturated carbocycles. The molecule has 0 spiro atoms. The maximum absolute atomic E-state index is 13.1. The zero-order valence-corrected chi connectivity index (χ0v) is 15.3. The number of hydrogen-bond donors (Lipinski definition) is 1. The molecular weight excluding hydrogens is 354 g/mol. The average molecular weight is 371 g/mol. The van der Waals surface area contributed by atoms with Crippen LogP contribution in [0, 0.1) is 0 Å². The summed E-state index contributed by atoms with van der Waals surface area (Å²) in [6, 6.07) is 27.4. The van der Waals surface area contributed by atoms with E-state index >= 15 is 0 Å². The lowest BCUT2D eigenvalue weighted by Crippen LogP contribution is -2.22. The fraction of sp³-hybridized carbons (Fsp3) is 0.0455. The van der Waals surface area contributed by atoms with Crippen LogP contribution in [0.15, 0.2) is 91.1 Å². The zero-order valence-electron chi connectivity index (χ0n) is 14.4. The van der Waals surface area contributed by atoms with Crippen LogP contribution >= 0.6 is 11.5 Å². The Morgan fingerprint density at radius 2 is 1.41 bits per heavy atom. The molecule has 0 bridgehead atoms. The molecule has 0 fully saturated rings. The fourth-order valence-corrected chi connectivity index (χ4v) is 3.53. The number of anilines is 1. The number of carbonyl (C=O) groups excluding carboxylic acids is 1. The van der Waals surface area contributed by atoms with Gasteiger partial charge in [-0.3, -0.25) is 4.79 Å². The van der Waals surface area contributed by atoms with Crippen molar-refractivity contribution >= 4 is 23.1 Å². The van der Waals surface area contributed by atoms with Crippen LogP contribution in [0.1, 0.15) is 17.0 Å². The van der Waals surface area contributed by atoms with Crippen LogP contribution < -0.4 is 5.32 Å². The highest BCUT2D eigenvalue weighted by Gasteiger charge is 2.22. The van der Waals surface area contributed by atoms with E-state index in [2.05, 4.69) is 14.9 Å². The molecule has 4 aromatic rings. The lowest BCUT2D eigenvalue weighted by Gasteiger charge is -2.18. The molecule has 0 aliphatic heterocycles. The van der Waals surface area contributed by atoms with Gasteiger partial charge in [0.1, 0.15) is 0 Å². The van der Waals surface area contributed by atoms with Gasteiger partial charge in [0.25, 0.3) is 0 Å². The van der Waals surface area contributed by atoms with E-state index in [1.807, 2.05) is 84.9 Å². The highest BCUT2D eigenvalue weighted by Crippen LogP contribution is 2.27. The molecule has 3 aromatic carbocycles. The minimum Gasteiger partial charge on any atom is -0.325 e. The van der Waals surface area contributed by atoms with Gasteiger partial charge in [-0.25, -0.2) is 0 Å². The summed E-state index contributed by atoms with van der Waals surface area (Å²) in [5, 5.41) is 6.90. The molecule has 0 aliphatic carbocycles. The van der Waals surface area contributed by atoms with E-state index in [0.717, 1.165) is 27.3 Å². The van der Waals surface area contributed by atoms with Crippen molar-refractivity contribution in [3.05, 3.63) is 102 Å². The second-order valence-electron chi connectivity index (χ2n) is 6.10. The summed E-state index contributed by atoms with van der Waals surface area (Å²) in [5.74, 6) is -0.419. The third kappa shape index (κ3) is 3.93. The molecule has 132 valence electrons. The van der Waals surface area contributed by atoms with E-state index in [-0.39, 0.29) is 11.8 Å². The Morgan fingerprint density at radius 3 is 1.93 bits per heavy atom. The maximum atomic E-state index is 13.1. The molecule has 0 unspecified atom stereocenters. The Bertz CT molecular complexity index is 961. The predicted molar refractivity (Wildman–Crippen MR) is 109 cm³/mol. The Labute approximate surface area is 161 Å². The molecule has 4 nitrogen and oxygen atoms in total. The van der Waals surface area contributed by atoms with Crippen LogP contribution in [0.4, 0.5) is 5.69 Å². The minimum absolute atomic E-state index is 0.0559. The van der Waals surface area contributed by atoms with Crippen molar-refractivity contribution < 1.29 is 4.79 Å². The lowest BCUT2D eigenvalue weighted by atomic mass is 9.90. The summed E-state index contributed by atoms with van der Waals surface area (Å²) in [7, 11) is 0. The molecule has 27 heavy (non-hydrogen) atoms. The molecule has 0 aliphatic rings. The van der Waals surface area contributed by atoms with Crippen molar-refractivity contribution in [2.45, 2.75) is 5.92 Å². The summed E-state index contributed by atoms with van der Waals surface area (Å²) in [6.45, 7) is 0. The minimum atomic E-state index is -0.363. The number of nitrogens with zero attached hydrogens (tertiary/aromatic N) is 2. The van der Waals surface area contributed by atoms with Gasteiger partial charge in [0.2, 0.25) is 5.91 Å². The van der Waals surface area contributed by atoms with Gasteiger partial charge in [-0.05, 0) is 40.4 Å². The molecule has 1 heterocycles. The van der Waals surface area contributed by atoms with Crippen molar-refractivity contribution in [1.29, 1.82) is 0 Å². The van der Waals surface area contributed by atoms with Gasteiger partial charge in [-0.1, -0.05) is 77.3 Å². The quantitative estimate of drug-likeness (QED) is 0.538. The van der Waals surface area contributed by atoms with Crippen LogP contribution in [-0.2, 0) is 4.79 Å². The molecule has 0 saturated heterocycles. The van der Waals surface area contributed by atoms with E-state index < -0.39 is 0 Å². The standard InChI is InChI=1S/C22H17N3OS/c26-22(24-19-13-11-16(12-14-19)20-15-23-25-27-20)21(17-7-3-1-4-8-17)18-9-5-2-6-10-18/h1-15,21H,(H,24,26). The summed E-state index contributed by atoms with van der Waals surface area (Å²) >= 11 is 1.35. The first-order valence-corrected chi connectivity index (χ1v) is 9.37. The van der Waals surface area contributed by atoms with Gasteiger partial charge in [0, 0.05) is 5.69 Å². The molecule has 1 aromatic heterocycles. The first kappa shape index (κ1) is 17.1. The molecule has 0 radical (unpaired) electrons. The molecule has 1 N–H and O–H groups in total. The molecular formula is C22H17N3OS. The lowest BCUT2D eigenvalue weighted by molar-refractivity contribution is -0.116.